The van der Waals surface area contributed by atoms with E-state index in [0.29, 0.717) is 5.92 Å². The van der Waals surface area contributed by atoms with Crippen molar-refractivity contribution >= 4 is 11.8 Å². The number of fused-ring (bicyclic) bond motifs is 3. The third-order valence-electron chi connectivity index (χ3n) is 6.72. The number of nitrogens with one attached hydrogen (secondary N) is 1. The molecule has 30 heavy (non-hydrogen) atoms. The van der Waals surface area contributed by atoms with Gasteiger partial charge in [0, 0.05) is 30.3 Å². The van der Waals surface area contributed by atoms with Crippen molar-refractivity contribution in [1.29, 1.82) is 0 Å². The van der Waals surface area contributed by atoms with Crippen molar-refractivity contribution in [2.75, 3.05) is 18.5 Å². The monoisotopic (exact) mass is 414 g/mol. The number of ether oxygens (including phenoxy) is 2. The van der Waals surface area contributed by atoms with Crippen molar-refractivity contribution < 1.29 is 14.3 Å². The summed E-state index contributed by atoms with van der Waals surface area (Å²) in [4.78, 5) is 14.9. The van der Waals surface area contributed by atoms with Gasteiger partial charge in [-0.15, -0.1) is 0 Å². The first kappa shape index (κ1) is 21.5. The Labute approximate surface area is 181 Å². The van der Waals surface area contributed by atoms with Crippen molar-refractivity contribution in [2.45, 2.75) is 96.4 Å². The van der Waals surface area contributed by atoms with E-state index in [1.807, 2.05) is 25.7 Å². The molecule has 1 aromatic carbocycles. The van der Waals surface area contributed by atoms with Gasteiger partial charge < -0.3 is 19.7 Å². The van der Waals surface area contributed by atoms with Gasteiger partial charge in [0.05, 0.1) is 18.2 Å². The number of likely N-dealkylation sites (tertiary alicyclic amines) is 1. The van der Waals surface area contributed by atoms with E-state index in [1.165, 1.54) is 11.1 Å². The van der Waals surface area contributed by atoms with Gasteiger partial charge >= 0.3 is 6.09 Å². The van der Waals surface area contributed by atoms with Gasteiger partial charge in [-0.25, -0.2) is 4.79 Å². The zero-order valence-corrected chi connectivity index (χ0v) is 19.5. The van der Waals surface area contributed by atoms with Crippen molar-refractivity contribution in [3.05, 3.63) is 29.3 Å². The molecule has 2 saturated heterocycles. The molecular weight excluding hydrogens is 376 g/mol. The molecule has 2 fully saturated rings. The van der Waals surface area contributed by atoms with Crippen LogP contribution in [0, 0.1) is 5.92 Å². The summed E-state index contributed by atoms with van der Waals surface area (Å²) >= 11 is 0. The van der Waals surface area contributed by atoms with Crippen molar-refractivity contribution in [1.82, 2.24) is 4.90 Å². The fourth-order valence-corrected chi connectivity index (χ4v) is 5.27. The normalized spacial score (nSPS) is 29.1. The van der Waals surface area contributed by atoms with Gasteiger partial charge in [0.15, 0.2) is 0 Å². The van der Waals surface area contributed by atoms with Crippen LogP contribution in [-0.4, -0.2) is 41.8 Å². The minimum Gasteiger partial charge on any atom is -0.444 e. The summed E-state index contributed by atoms with van der Waals surface area (Å²) in [5.41, 5.74) is 3.41. The lowest BCUT2D eigenvalue weighted by Gasteiger charge is -2.47. The van der Waals surface area contributed by atoms with E-state index in [0.717, 1.165) is 44.5 Å². The van der Waals surface area contributed by atoms with Crippen molar-refractivity contribution in [3.8, 4) is 0 Å². The topological polar surface area (TPSA) is 50.8 Å². The van der Waals surface area contributed by atoms with E-state index in [-0.39, 0.29) is 29.7 Å². The smallest absolute Gasteiger partial charge is 0.410 e. The summed E-state index contributed by atoms with van der Waals surface area (Å²) in [5, 5.41) is 3.84. The second-order valence-corrected chi connectivity index (χ2v) is 11.2. The molecule has 0 saturated carbocycles. The van der Waals surface area contributed by atoms with Gasteiger partial charge in [0.25, 0.3) is 0 Å². The molecule has 0 aromatic heterocycles. The van der Waals surface area contributed by atoms with Crippen LogP contribution < -0.4 is 5.32 Å². The average Bonchev–Trinajstić information content (AvgIpc) is 3.14. The molecule has 0 radical (unpaired) electrons. The highest BCUT2D eigenvalue weighted by Crippen LogP contribution is 2.47. The maximum atomic E-state index is 12.9. The standard InChI is InChI=1S/C25H38N2O3/c1-24(2,3)16-11-12-19-18(15-16)22-17(9-8-14-29-22)21(26-19)20-10-7-13-27(20)23(28)30-25(4,5)6/h11-12,15,17,20-22,26H,7-10,13-14H2,1-6H3/t17-,20?,21+,22-/m0/s1. The molecule has 0 spiro atoms. The highest BCUT2D eigenvalue weighted by atomic mass is 16.6. The number of nitrogens with zero attached hydrogens (tertiary/aromatic N) is 1. The van der Waals surface area contributed by atoms with E-state index >= 15 is 0 Å². The summed E-state index contributed by atoms with van der Waals surface area (Å²) in [6.45, 7) is 14.1. The van der Waals surface area contributed by atoms with Gasteiger partial charge in [0.2, 0.25) is 0 Å². The first-order chi connectivity index (χ1) is 14.0. The molecule has 5 nitrogen and oxygen atoms in total. The Morgan fingerprint density at radius 3 is 2.60 bits per heavy atom. The number of rotatable bonds is 1. The van der Waals surface area contributed by atoms with Gasteiger partial charge in [-0.2, -0.15) is 0 Å². The van der Waals surface area contributed by atoms with E-state index in [1.54, 1.807) is 0 Å². The van der Waals surface area contributed by atoms with Crippen LogP contribution >= 0.6 is 0 Å². The predicted octanol–water partition coefficient (Wildman–Crippen LogP) is 5.65. The van der Waals surface area contributed by atoms with Crippen LogP contribution in [0.15, 0.2) is 18.2 Å². The fraction of sp³-hybridized carbons (Fsp3) is 0.720. The summed E-state index contributed by atoms with van der Waals surface area (Å²) in [5.74, 6) is 0.370. The van der Waals surface area contributed by atoms with Crippen LogP contribution in [0.3, 0.4) is 0 Å². The summed E-state index contributed by atoms with van der Waals surface area (Å²) in [6.07, 6.45) is 4.15. The Kier molecular flexibility index (Phi) is 5.54. The molecule has 1 N–H and O–H groups in total. The molecule has 1 amide bonds. The number of amides is 1. The first-order valence-electron chi connectivity index (χ1n) is 11.6. The van der Waals surface area contributed by atoms with Gasteiger partial charge in [-0.1, -0.05) is 32.9 Å². The highest BCUT2D eigenvalue weighted by Gasteiger charge is 2.47. The van der Waals surface area contributed by atoms with E-state index in [2.05, 4.69) is 44.3 Å². The first-order valence-corrected chi connectivity index (χ1v) is 11.6. The summed E-state index contributed by atoms with van der Waals surface area (Å²) < 4.78 is 12.1. The maximum absolute atomic E-state index is 12.9. The lowest BCUT2D eigenvalue weighted by Crippen LogP contribution is -2.54. The van der Waals surface area contributed by atoms with Gasteiger partial charge in [-0.05, 0) is 63.5 Å². The van der Waals surface area contributed by atoms with Gasteiger partial charge in [0.1, 0.15) is 5.60 Å². The average molecular weight is 415 g/mol. The SMILES string of the molecule is CC(C)(C)OC(=O)N1CCCC1[C@@H]1Nc2ccc(C(C)(C)C)cc2[C@H]2OCCC[C@H]21. The zero-order valence-electron chi connectivity index (χ0n) is 19.5. The van der Waals surface area contributed by atoms with Crippen LogP contribution in [0.25, 0.3) is 0 Å². The van der Waals surface area contributed by atoms with Crippen LogP contribution in [-0.2, 0) is 14.9 Å². The third kappa shape index (κ3) is 4.18. The van der Waals surface area contributed by atoms with Crippen LogP contribution in [0.5, 0.6) is 0 Å². The minimum atomic E-state index is -0.476. The van der Waals surface area contributed by atoms with E-state index in [9.17, 15) is 4.79 Å². The number of anilines is 1. The molecule has 0 aliphatic carbocycles. The van der Waals surface area contributed by atoms with Crippen molar-refractivity contribution in [3.63, 3.8) is 0 Å². The van der Waals surface area contributed by atoms with Crippen LogP contribution in [0.1, 0.15) is 84.5 Å². The van der Waals surface area contributed by atoms with Crippen molar-refractivity contribution in [2.24, 2.45) is 5.92 Å². The Bertz CT molecular complexity index is 793. The Morgan fingerprint density at radius 2 is 1.90 bits per heavy atom. The number of hydrogen-bond donors (Lipinski definition) is 1. The lowest BCUT2D eigenvalue weighted by molar-refractivity contribution is -0.0473. The number of hydrogen-bond acceptors (Lipinski definition) is 4. The number of carbonyl (C=O) groups excluding carboxylic acids is 1. The Balaban J connectivity index is 1.64. The van der Waals surface area contributed by atoms with E-state index < -0.39 is 5.60 Å². The van der Waals surface area contributed by atoms with Crippen LogP contribution in [0.4, 0.5) is 10.5 Å². The molecule has 166 valence electrons. The number of benzene rings is 1. The molecule has 1 aromatic rings. The van der Waals surface area contributed by atoms with Crippen LogP contribution in [0.2, 0.25) is 0 Å². The zero-order chi connectivity index (χ0) is 21.7. The molecule has 1 unspecified atom stereocenters. The maximum Gasteiger partial charge on any atom is 0.410 e. The van der Waals surface area contributed by atoms with Gasteiger partial charge in [-0.3, -0.25) is 0 Å². The Morgan fingerprint density at radius 1 is 1.13 bits per heavy atom. The molecule has 5 heteroatoms. The summed E-state index contributed by atoms with van der Waals surface area (Å²) in [7, 11) is 0. The molecule has 3 heterocycles. The number of carbonyl (C=O) groups is 1. The predicted molar refractivity (Wildman–Crippen MR) is 120 cm³/mol. The second kappa shape index (κ2) is 7.74. The quantitative estimate of drug-likeness (QED) is 0.645. The molecule has 0 bridgehead atoms. The lowest BCUT2D eigenvalue weighted by atomic mass is 9.75. The highest BCUT2D eigenvalue weighted by molar-refractivity contribution is 5.69. The minimum absolute atomic E-state index is 0.100. The molecule has 3 aliphatic rings. The van der Waals surface area contributed by atoms with E-state index in [4.69, 9.17) is 9.47 Å². The molecular formula is C25H38N2O3. The largest absolute Gasteiger partial charge is 0.444 e. The molecule has 4 atom stereocenters. The fourth-order valence-electron chi connectivity index (χ4n) is 5.27. The molecule has 3 aliphatic heterocycles. The molecule has 4 rings (SSSR count). The second-order valence-electron chi connectivity index (χ2n) is 11.2. The summed E-state index contributed by atoms with van der Waals surface area (Å²) in [6, 6.07) is 7.11. The Hall–Kier alpha value is -1.75. The third-order valence-corrected chi connectivity index (χ3v) is 6.72.